The monoisotopic (exact) mass is 312 g/mol. The summed E-state index contributed by atoms with van der Waals surface area (Å²) in [4.78, 5) is 12.2. The number of benzene rings is 2. The van der Waals surface area contributed by atoms with E-state index in [0.29, 0.717) is 11.6 Å². The molecule has 0 spiro atoms. The van der Waals surface area contributed by atoms with Gasteiger partial charge in [0.25, 0.3) is 5.91 Å². The molecule has 0 heterocycles. The van der Waals surface area contributed by atoms with Crippen LogP contribution in [-0.4, -0.2) is 11.9 Å². The highest BCUT2D eigenvalue weighted by atomic mass is 19.1. The number of hydrogen-bond acceptors (Lipinski definition) is 2. The Hall–Kier alpha value is -2.20. The molecular formula is C19H21FN2O. The fourth-order valence-corrected chi connectivity index (χ4v) is 2.98. The number of hydrogen-bond donors (Lipinski definition) is 2. The number of nitrogens with one attached hydrogen (secondary N) is 2. The van der Waals surface area contributed by atoms with E-state index in [1.165, 1.54) is 43.9 Å². The van der Waals surface area contributed by atoms with Crippen LogP contribution >= 0.6 is 0 Å². The van der Waals surface area contributed by atoms with E-state index < -0.39 is 5.82 Å². The first kappa shape index (κ1) is 15.7. The molecule has 0 aliphatic heterocycles. The van der Waals surface area contributed by atoms with Crippen molar-refractivity contribution >= 4 is 11.6 Å². The van der Waals surface area contributed by atoms with Gasteiger partial charge >= 0.3 is 0 Å². The van der Waals surface area contributed by atoms with Gasteiger partial charge in [0, 0.05) is 23.8 Å². The van der Waals surface area contributed by atoms with Crippen LogP contribution in [0.3, 0.4) is 0 Å². The van der Waals surface area contributed by atoms with Crippen molar-refractivity contribution in [3.63, 3.8) is 0 Å². The molecule has 2 N–H and O–H groups in total. The van der Waals surface area contributed by atoms with Crippen LogP contribution in [0.15, 0.2) is 48.5 Å². The molecular weight excluding hydrogens is 291 g/mol. The molecule has 0 atom stereocenters. The van der Waals surface area contributed by atoms with Crippen LogP contribution in [0.2, 0.25) is 0 Å². The first-order chi connectivity index (χ1) is 11.2. The minimum absolute atomic E-state index is 0.301. The molecule has 0 aromatic heterocycles. The Kier molecular flexibility index (Phi) is 5.03. The molecule has 1 aliphatic carbocycles. The Balaban J connectivity index is 1.61. The van der Waals surface area contributed by atoms with Crippen LogP contribution in [0.1, 0.15) is 41.6 Å². The average molecular weight is 312 g/mol. The smallest absolute Gasteiger partial charge is 0.255 e. The van der Waals surface area contributed by atoms with Crippen LogP contribution in [0.5, 0.6) is 0 Å². The average Bonchev–Trinajstić information content (AvgIpc) is 3.07. The Bertz CT molecular complexity index is 681. The van der Waals surface area contributed by atoms with E-state index in [1.807, 2.05) is 24.3 Å². The molecule has 120 valence electrons. The molecule has 1 aliphatic rings. The zero-order chi connectivity index (χ0) is 16.1. The second-order valence-electron chi connectivity index (χ2n) is 6.03. The number of carbonyl (C=O) groups is 1. The van der Waals surface area contributed by atoms with Gasteiger partial charge in [0.1, 0.15) is 5.82 Å². The van der Waals surface area contributed by atoms with Crippen LogP contribution in [0, 0.1) is 5.82 Å². The van der Waals surface area contributed by atoms with Gasteiger partial charge in [-0.05, 0) is 48.7 Å². The van der Waals surface area contributed by atoms with Crippen LogP contribution in [0.25, 0.3) is 0 Å². The van der Waals surface area contributed by atoms with Crippen molar-refractivity contribution in [3.05, 3.63) is 65.5 Å². The maximum atomic E-state index is 13.2. The van der Waals surface area contributed by atoms with E-state index in [1.54, 1.807) is 6.07 Å². The van der Waals surface area contributed by atoms with Gasteiger partial charge < -0.3 is 10.6 Å². The number of rotatable bonds is 5. The van der Waals surface area contributed by atoms with Crippen molar-refractivity contribution in [2.75, 3.05) is 5.32 Å². The first-order valence-corrected chi connectivity index (χ1v) is 8.10. The fourth-order valence-electron chi connectivity index (χ4n) is 2.98. The second-order valence-corrected chi connectivity index (χ2v) is 6.03. The summed E-state index contributed by atoms with van der Waals surface area (Å²) in [7, 11) is 0. The topological polar surface area (TPSA) is 41.1 Å². The fraction of sp³-hybridized carbons (Fsp3) is 0.316. The molecule has 1 amide bonds. The minimum atomic E-state index is -0.410. The number of anilines is 1. The van der Waals surface area contributed by atoms with E-state index in [9.17, 15) is 9.18 Å². The Morgan fingerprint density at radius 2 is 1.87 bits per heavy atom. The van der Waals surface area contributed by atoms with Crippen LogP contribution in [-0.2, 0) is 6.54 Å². The molecule has 2 aromatic carbocycles. The van der Waals surface area contributed by atoms with Gasteiger partial charge in [-0.1, -0.05) is 31.0 Å². The Morgan fingerprint density at radius 1 is 1.09 bits per heavy atom. The lowest BCUT2D eigenvalue weighted by atomic mass is 10.1. The van der Waals surface area contributed by atoms with E-state index in [0.717, 1.165) is 17.8 Å². The summed E-state index contributed by atoms with van der Waals surface area (Å²) >= 11 is 0. The summed E-state index contributed by atoms with van der Waals surface area (Å²) in [6.45, 7) is 0.800. The van der Waals surface area contributed by atoms with Crippen molar-refractivity contribution in [2.24, 2.45) is 0 Å². The van der Waals surface area contributed by atoms with Crippen molar-refractivity contribution in [3.8, 4) is 0 Å². The SMILES string of the molecule is O=C(Nc1cccc(CNC2CCCC2)c1)c1cccc(F)c1. The summed E-state index contributed by atoms with van der Waals surface area (Å²) in [5, 5.41) is 6.38. The van der Waals surface area contributed by atoms with Gasteiger partial charge in [-0.15, -0.1) is 0 Å². The third-order valence-electron chi connectivity index (χ3n) is 4.22. The van der Waals surface area contributed by atoms with Gasteiger partial charge in [-0.3, -0.25) is 4.79 Å². The molecule has 1 fully saturated rings. The number of amides is 1. The largest absolute Gasteiger partial charge is 0.322 e. The van der Waals surface area contributed by atoms with Crippen molar-refractivity contribution in [2.45, 2.75) is 38.3 Å². The quantitative estimate of drug-likeness (QED) is 0.872. The van der Waals surface area contributed by atoms with Gasteiger partial charge in [0.05, 0.1) is 0 Å². The van der Waals surface area contributed by atoms with Crippen molar-refractivity contribution < 1.29 is 9.18 Å². The third kappa shape index (κ3) is 4.39. The predicted octanol–water partition coefficient (Wildman–Crippen LogP) is 4.11. The molecule has 1 saturated carbocycles. The number of carbonyl (C=O) groups excluding carboxylic acids is 1. The van der Waals surface area contributed by atoms with E-state index in [2.05, 4.69) is 10.6 Å². The van der Waals surface area contributed by atoms with Crippen LogP contribution < -0.4 is 10.6 Å². The second kappa shape index (κ2) is 7.38. The zero-order valence-corrected chi connectivity index (χ0v) is 13.0. The summed E-state index contributed by atoms with van der Waals surface area (Å²) in [5.74, 6) is -0.711. The molecule has 0 unspecified atom stereocenters. The normalized spacial score (nSPS) is 14.8. The lowest BCUT2D eigenvalue weighted by molar-refractivity contribution is 0.102. The first-order valence-electron chi connectivity index (χ1n) is 8.10. The zero-order valence-electron chi connectivity index (χ0n) is 13.0. The Labute approximate surface area is 135 Å². The van der Waals surface area contributed by atoms with E-state index in [4.69, 9.17) is 0 Å². The standard InChI is InChI=1S/C19H21FN2O/c20-16-7-4-6-15(12-16)19(23)22-18-10-3-5-14(11-18)13-21-17-8-1-2-9-17/h3-7,10-12,17,21H,1-2,8-9,13H2,(H,22,23). The van der Waals surface area contributed by atoms with Gasteiger partial charge in [-0.25, -0.2) is 4.39 Å². The molecule has 4 heteroatoms. The summed E-state index contributed by atoms with van der Waals surface area (Å²) in [5.41, 5.74) is 2.18. The van der Waals surface area contributed by atoms with Crippen LogP contribution in [0.4, 0.5) is 10.1 Å². The Morgan fingerprint density at radius 3 is 2.65 bits per heavy atom. The molecule has 3 nitrogen and oxygen atoms in total. The summed E-state index contributed by atoms with van der Waals surface area (Å²) in [6, 6.07) is 14.1. The predicted molar refractivity (Wildman–Crippen MR) is 89.9 cm³/mol. The molecule has 3 rings (SSSR count). The van der Waals surface area contributed by atoms with Gasteiger partial charge in [0.15, 0.2) is 0 Å². The van der Waals surface area contributed by atoms with E-state index in [-0.39, 0.29) is 5.91 Å². The van der Waals surface area contributed by atoms with E-state index >= 15 is 0 Å². The highest BCUT2D eigenvalue weighted by molar-refractivity contribution is 6.04. The molecule has 0 bridgehead atoms. The highest BCUT2D eigenvalue weighted by Crippen LogP contribution is 2.19. The lowest BCUT2D eigenvalue weighted by Gasteiger charge is -2.13. The van der Waals surface area contributed by atoms with Crippen molar-refractivity contribution in [1.82, 2.24) is 5.32 Å². The number of halogens is 1. The van der Waals surface area contributed by atoms with Gasteiger partial charge in [-0.2, -0.15) is 0 Å². The summed E-state index contributed by atoms with van der Waals surface area (Å²) < 4.78 is 13.2. The molecule has 0 saturated heterocycles. The maximum Gasteiger partial charge on any atom is 0.255 e. The highest BCUT2D eigenvalue weighted by Gasteiger charge is 2.14. The van der Waals surface area contributed by atoms with Gasteiger partial charge in [0.2, 0.25) is 0 Å². The maximum absolute atomic E-state index is 13.2. The minimum Gasteiger partial charge on any atom is -0.322 e. The van der Waals surface area contributed by atoms with Crippen molar-refractivity contribution in [1.29, 1.82) is 0 Å². The molecule has 23 heavy (non-hydrogen) atoms. The molecule has 0 radical (unpaired) electrons. The third-order valence-corrected chi connectivity index (χ3v) is 4.22. The summed E-state index contributed by atoms with van der Waals surface area (Å²) in [6.07, 6.45) is 5.11. The lowest BCUT2D eigenvalue weighted by Crippen LogP contribution is -2.25. The molecule has 2 aromatic rings.